The van der Waals surface area contributed by atoms with Crippen molar-refractivity contribution in [3.8, 4) is 0 Å². The van der Waals surface area contributed by atoms with Crippen molar-refractivity contribution in [2.45, 2.75) is 13.5 Å². The number of halogens is 1. The minimum absolute atomic E-state index is 0.108. The van der Waals surface area contributed by atoms with Crippen molar-refractivity contribution in [3.05, 3.63) is 63.4 Å². The van der Waals surface area contributed by atoms with E-state index in [9.17, 15) is 9.59 Å². The molecule has 130 valence electrons. The Bertz CT molecular complexity index is 973. The highest BCUT2D eigenvalue weighted by molar-refractivity contribution is 6.30. The van der Waals surface area contributed by atoms with Crippen LogP contribution in [0, 0.1) is 0 Å². The third kappa shape index (κ3) is 3.53. The molecule has 1 heterocycles. The van der Waals surface area contributed by atoms with Crippen LogP contribution in [0.4, 0.5) is 10.5 Å². The number of hydrogen-bond acceptors (Lipinski definition) is 2. The fraction of sp³-hybridized carbons (Fsp3) is 0.222. The number of amides is 2. The number of nitrogens with zero attached hydrogens (tertiary/aromatic N) is 2. The van der Waals surface area contributed by atoms with Crippen LogP contribution in [0.3, 0.4) is 0 Å². The molecule has 0 atom stereocenters. The number of carbonyl (C=O) groups is 1. The number of fused-ring (bicyclic) bond motifs is 1. The maximum absolute atomic E-state index is 12.5. The Morgan fingerprint density at radius 1 is 1.16 bits per heavy atom. The summed E-state index contributed by atoms with van der Waals surface area (Å²) in [5, 5.41) is 6.62. The van der Waals surface area contributed by atoms with E-state index in [-0.39, 0.29) is 11.6 Å². The van der Waals surface area contributed by atoms with Gasteiger partial charge in [0.2, 0.25) is 0 Å². The topological polar surface area (TPSA) is 68.1 Å². The van der Waals surface area contributed by atoms with E-state index >= 15 is 0 Å². The van der Waals surface area contributed by atoms with Gasteiger partial charge in [-0.3, -0.25) is 14.2 Å². The van der Waals surface area contributed by atoms with Crippen LogP contribution in [-0.2, 0) is 13.6 Å². The lowest BCUT2D eigenvalue weighted by Gasteiger charge is -2.10. The van der Waals surface area contributed by atoms with Crippen molar-refractivity contribution in [1.29, 1.82) is 0 Å². The van der Waals surface area contributed by atoms with Gasteiger partial charge in [-0.2, -0.15) is 0 Å². The van der Waals surface area contributed by atoms with Gasteiger partial charge >= 0.3 is 6.03 Å². The molecule has 0 spiro atoms. The Balaban J connectivity index is 1.97. The molecule has 2 aromatic carbocycles. The lowest BCUT2D eigenvalue weighted by molar-refractivity contribution is 0.252. The van der Waals surface area contributed by atoms with Crippen molar-refractivity contribution < 1.29 is 4.79 Å². The minimum atomic E-state index is -0.292. The summed E-state index contributed by atoms with van der Waals surface area (Å²) in [6, 6.07) is 12.6. The zero-order chi connectivity index (χ0) is 18.0. The molecule has 2 amide bonds. The van der Waals surface area contributed by atoms with Gasteiger partial charge in [0, 0.05) is 24.3 Å². The number of hydrogen-bond donors (Lipinski definition) is 2. The molecule has 0 radical (unpaired) electrons. The summed E-state index contributed by atoms with van der Waals surface area (Å²) in [5.41, 5.74) is 2.33. The second-order valence-electron chi connectivity index (χ2n) is 5.73. The first-order valence-electron chi connectivity index (χ1n) is 7.98. The molecule has 7 heteroatoms. The van der Waals surface area contributed by atoms with Crippen molar-refractivity contribution in [1.82, 2.24) is 14.7 Å². The molecule has 2 N–H and O–H groups in total. The Morgan fingerprint density at radius 3 is 2.56 bits per heavy atom. The van der Waals surface area contributed by atoms with E-state index in [4.69, 9.17) is 11.6 Å². The zero-order valence-corrected chi connectivity index (χ0v) is 14.8. The minimum Gasteiger partial charge on any atom is -0.338 e. The van der Waals surface area contributed by atoms with Gasteiger partial charge in [0.05, 0.1) is 17.4 Å². The van der Waals surface area contributed by atoms with E-state index in [1.165, 1.54) is 0 Å². The monoisotopic (exact) mass is 358 g/mol. The highest BCUT2D eigenvalue weighted by Crippen LogP contribution is 2.19. The van der Waals surface area contributed by atoms with Crippen LogP contribution in [-0.4, -0.2) is 21.9 Å². The van der Waals surface area contributed by atoms with Crippen LogP contribution >= 0.6 is 11.6 Å². The molecule has 0 aliphatic heterocycles. The molecular formula is C18H19ClN4O2. The van der Waals surface area contributed by atoms with Crippen LogP contribution in [0.15, 0.2) is 47.3 Å². The molecular weight excluding hydrogens is 340 g/mol. The number of anilines is 1. The molecule has 6 nitrogen and oxygen atoms in total. The van der Waals surface area contributed by atoms with E-state index in [2.05, 4.69) is 10.6 Å². The molecule has 0 unspecified atom stereocenters. The normalized spacial score (nSPS) is 10.8. The predicted molar refractivity (Wildman–Crippen MR) is 100 cm³/mol. The fourth-order valence-corrected chi connectivity index (χ4v) is 2.87. The Kier molecular flexibility index (Phi) is 4.81. The number of benzene rings is 2. The maximum atomic E-state index is 12.5. The van der Waals surface area contributed by atoms with Gasteiger partial charge in [-0.1, -0.05) is 23.7 Å². The largest absolute Gasteiger partial charge is 0.338 e. The molecule has 3 rings (SSSR count). The quantitative estimate of drug-likeness (QED) is 0.752. The van der Waals surface area contributed by atoms with Gasteiger partial charge in [-0.15, -0.1) is 0 Å². The SMILES string of the molecule is CCNC(=O)Nc1ccc2c(c1)c(=O)n(C)n2Cc1ccc(Cl)cc1. The summed E-state index contributed by atoms with van der Waals surface area (Å²) in [5.74, 6) is 0. The summed E-state index contributed by atoms with van der Waals surface area (Å²) >= 11 is 5.92. The fourth-order valence-electron chi connectivity index (χ4n) is 2.75. The summed E-state index contributed by atoms with van der Waals surface area (Å²) in [6.07, 6.45) is 0. The van der Waals surface area contributed by atoms with Gasteiger partial charge in [0.25, 0.3) is 5.56 Å². The van der Waals surface area contributed by atoms with Crippen LogP contribution in [0.1, 0.15) is 12.5 Å². The molecule has 3 aromatic rings. The predicted octanol–water partition coefficient (Wildman–Crippen LogP) is 3.18. The lowest BCUT2D eigenvalue weighted by Crippen LogP contribution is -2.28. The van der Waals surface area contributed by atoms with Crippen molar-refractivity contribution in [3.63, 3.8) is 0 Å². The highest BCUT2D eigenvalue weighted by Gasteiger charge is 2.12. The molecule has 0 aliphatic rings. The van der Waals surface area contributed by atoms with E-state index < -0.39 is 0 Å². The Hall–Kier alpha value is -2.73. The number of carbonyl (C=O) groups excluding carboxylic acids is 1. The van der Waals surface area contributed by atoms with Crippen molar-refractivity contribution >= 4 is 34.2 Å². The summed E-state index contributed by atoms with van der Waals surface area (Å²) in [6.45, 7) is 2.93. The van der Waals surface area contributed by atoms with E-state index in [1.54, 1.807) is 23.9 Å². The summed E-state index contributed by atoms with van der Waals surface area (Å²) in [4.78, 5) is 24.2. The van der Waals surface area contributed by atoms with Crippen LogP contribution < -0.4 is 16.2 Å². The third-order valence-corrected chi connectivity index (χ3v) is 4.25. The van der Waals surface area contributed by atoms with E-state index in [1.807, 2.05) is 41.9 Å². The molecule has 0 saturated carbocycles. The molecule has 0 fully saturated rings. The maximum Gasteiger partial charge on any atom is 0.319 e. The first kappa shape index (κ1) is 17.1. The molecule has 0 aliphatic carbocycles. The first-order chi connectivity index (χ1) is 12.0. The smallest absolute Gasteiger partial charge is 0.319 e. The van der Waals surface area contributed by atoms with Gasteiger partial charge in [-0.25, -0.2) is 4.79 Å². The lowest BCUT2D eigenvalue weighted by atomic mass is 10.2. The average Bonchev–Trinajstić information content (AvgIpc) is 2.82. The summed E-state index contributed by atoms with van der Waals surface area (Å²) in [7, 11) is 1.73. The average molecular weight is 359 g/mol. The van der Waals surface area contributed by atoms with E-state index in [0.717, 1.165) is 11.1 Å². The van der Waals surface area contributed by atoms with Gasteiger partial charge in [0.15, 0.2) is 0 Å². The molecule has 0 bridgehead atoms. The standard InChI is InChI=1S/C18H19ClN4O2/c1-3-20-18(25)21-14-8-9-16-15(10-14)17(24)22(2)23(16)11-12-4-6-13(19)7-5-12/h4-10H,3,11H2,1-2H3,(H2,20,21,25). The number of rotatable bonds is 4. The van der Waals surface area contributed by atoms with Gasteiger partial charge < -0.3 is 10.6 Å². The molecule has 0 saturated heterocycles. The Labute approximate surface area is 150 Å². The second-order valence-corrected chi connectivity index (χ2v) is 6.17. The molecule has 1 aromatic heterocycles. The third-order valence-electron chi connectivity index (χ3n) is 4.00. The number of urea groups is 1. The first-order valence-corrected chi connectivity index (χ1v) is 8.36. The number of nitrogens with one attached hydrogen (secondary N) is 2. The van der Waals surface area contributed by atoms with Crippen LogP contribution in [0.5, 0.6) is 0 Å². The summed E-state index contributed by atoms with van der Waals surface area (Å²) < 4.78 is 3.48. The molecule has 25 heavy (non-hydrogen) atoms. The number of aromatic nitrogens is 2. The van der Waals surface area contributed by atoms with Crippen LogP contribution in [0.25, 0.3) is 10.9 Å². The van der Waals surface area contributed by atoms with Crippen molar-refractivity contribution in [2.75, 3.05) is 11.9 Å². The second kappa shape index (κ2) is 7.03. The Morgan fingerprint density at radius 2 is 1.88 bits per heavy atom. The van der Waals surface area contributed by atoms with Crippen molar-refractivity contribution in [2.24, 2.45) is 7.05 Å². The zero-order valence-electron chi connectivity index (χ0n) is 14.0. The van der Waals surface area contributed by atoms with Gasteiger partial charge in [-0.05, 0) is 42.8 Å². The van der Waals surface area contributed by atoms with Gasteiger partial charge in [0.1, 0.15) is 0 Å². The van der Waals surface area contributed by atoms with Crippen LogP contribution in [0.2, 0.25) is 5.02 Å². The van der Waals surface area contributed by atoms with E-state index in [0.29, 0.717) is 29.2 Å². The highest BCUT2D eigenvalue weighted by atomic mass is 35.5.